The van der Waals surface area contributed by atoms with Gasteiger partial charge in [-0.3, -0.25) is 4.79 Å². The first-order chi connectivity index (χ1) is 13.8. The summed E-state index contributed by atoms with van der Waals surface area (Å²) < 4.78 is 0. The highest BCUT2D eigenvalue weighted by Crippen LogP contribution is 2.43. The van der Waals surface area contributed by atoms with E-state index in [1.807, 2.05) is 4.90 Å². The Balaban J connectivity index is 1.24. The number of anilines is 1. The van der Waals surface area contributed by atoms with Crippen LogP contribution in [0.25, 0.3) is 0 Å². The molecule has 3 fully saturated rings. The molecule has 0 aliphatic carbocycles. The lowest BCUT2D eigenvalue weighted by Gasteiger charge is -2.55. The highest BCUT2D eigenvalue weighted by molar-refractivity contribution is 5.77. The molecule has 29 heavy (non-hydrogen) atoms. The van der Waals surface area contributed by atoms with Gasteiger partial charge in [0.2, 0.25) is 5.91 Å². The maximum Gasteiger partial charge on any atom is 0.225 e. The Kier molecular flexibility index (Phi) is 5.64. The summed E-state index contributed by atoms with van der Waals surface area (Å²) >= 11 is 0. The summed E-state index contributed by atoms with van der Waals surface area (Å²) in [7, 11) is 0. The third-order valence-corrected chi connectivity index (χ3v) is 7.57. The SMILES string of the molecule is Cc1ccc(N2CC3(CCN(C(=O)CC4(O)CCN(C(C)C)CC4)CC3)C2)cc1. The number of carbonyl (C=O) groups excluding carboxylic acids is 1. The quantitative estimate of drug-likeness (QED) is 0.845. The maximum absolute atomic E-state index is 12.9. The van der Waals surface area contributed by atoms with Gasteiger partial charge >= 0.3 is 0 Å². The molecular weight excluding hydrogens is 362 g/mol. The van der Waals surface area contributed by atoms with Crippen LogP contribution in [0.5, 0.6) is 0 Å². The van der Waals surface area contributed by atoms with Crippen molar-refractivity contribution in [3.05, 3.63) is 29.8 Å². The Labute approximate surface area is 175 Å². The number of nitrogens with zero attached hydrogens (tertiary/aromatic N) is 3. The summed E-state index contributed by atoms with van der Waals surface area (Å²) in [6, 6.07) is 9.30. The van der Waals surface area contributed by atoms with Crippen molar-refractivity contribution in [1.82, 2.24) is 9.80 Å². The minimum Gasteiger partial charge on any atom is -0.389 e. The normalized spacial score (nSPS) is 24.0. The summed E-state index contributed by atoms with van der Waals surface area (Å²) in [6.07, 6.45) is 3.88. The Bertz CT molecular complexity index is 706. The van der Waals surface area contributed by atoms with Gasteiger partial charge in [-0.15, -0.1) is 0 Å². The summed E-state index contributed by atoms with van der Waals surface area (Å²) in [5, 5.41) is 10.9. The van der Waals surface area contributed by atoms with Crippen molar-refractivity contribution in [3.8, 4) is 0 Å². The molecule has 0 bridgehead atoms. The van der Waals surface area contributed by atoms with Crippen LogP contribution in [0, 0.1) is 12.3 Å². The number of benzene rings is 1. The zero-order valence-corrected chi connectivity index (χ0v) is 18.4. The largest absolute Gasteiger partial charge is 0.389 e. The van der Waals surface area contributed by atoms with Crippen LogP contribution in [0.3, 0.4) is 0 Å². The van der Waals surface area contributed by atoms with Gasteiger partial charge in [0.1, 0.15) is 0 Å². The third-order valence-electron chi connectivity index (χ3n) is 7.57. The smallest absolute Gasteiger partial charge is 0.225 e. The van der Waals surface area contributed by atoms with Crippen LogP contribution in [-0.4, -0.2) is 71.7 Å². The summed E-state index contributed by atoms with van der Waals surface area (Å²) in [5.74, 6) is 0.148. The van der Waals surface area contributed by atoms with Crippen molar-refractivity contribution in [2.75, 3.05) is 44.2 Å². The molecule has 1 amide bonds. The molecule has 1 aromatic carbocycles. The van der Waals surface area contributed by atoms with E-state index in [2.05, 4.69) is 54.8 Å². The fourth-order valence-electron chi connectivity index (χ4n) is 5.28. The summed E-state index contributed by atoms with van der Waals surface area (Å²) in [5.41, 5.74) is 2.18. The molecule has 5 nitrogen and oxygen atoms in total. The fraction of sp³-hybridized carbons (Fsp3) is 0.708. The highest BCUT2D eigenvalue weighted by Gasteiger charge is 2.46. The Morgan fingerprint density at radius 2 is 1.59 bits per heavy atom. The van der Waals surface area contributed by atoms with Crippen LogP contribution in [0.2, 0.25) is 0 Å². The second-order valence-electron chi connectivity index (χ2n) is 10.1. The third kappa shape index (κ3) is 4.46. The lowest BCUT2D eigenvalue weighted by molar-refractivity contribution is -0.141. The van der Waals surface area contributed by atoms with Crippen LogP contribution in [-0.2, 0) is 4.79 Å². The molecule has 0 radical (unpaired) electrons. The molecular formula is C24H37N3O2. The number of aliphatic hydroxyl groups is 1. The minimum absolute atomic E-state index is 0.148. The van der Waals surface area contributed by atoms with Crippen molar-refractivity contribution < 1.29 is 9.90 Å². The van der Waals surface area contributed by atoms with E-state index in [4.69, 9.17) is 0 Å². The number of piperidine rings is 2. The van der Waals surface area contributed by atoms with Crippen molar-refractivity contribution in [3.63, 3.8) is 0 Å². The molecule has 3 saturated heterocycles. The van der Waals surface area contributed by atoms with Gasteiger partial charge in [-0.05, 0) is 58.6 Å². The van der Waals surface area contributed by atoms with Gasteiger partial charge in [0.15, 0.2) is 0 Å². The molecule has 3 heterocycles. The summed E-state index contributed by atoms with van der Waals surface area (Å²) in [6.45, 7) is 12.2. The highest BCUT2D eigenvalue weighted by atomic mass is 16.3. The average molecular weight is 400 g/mol. The van der Waals surface area contributed by atoms with E-state index in [9.17, 15) is 9.90 Å². The van der Waals surface area contributed by atoms with E-state index in [1.54, 1.807) is 0 Å². The molecule has 3 aliphatic heterocycles. The Morgan fingerprint density at radius 1 is 1.00 bits per heavy atom. The number of carbonyl (C=O) groups is 1. The van der Waals surface area contributed by atoms with Crippen molar-refractivity contribution in [2.45, 2.75) is 64.5 Å². The van der Waals surface area contributed by atoms with Crippen LogP contribution < -0.4 is 4.90 Å². The van der Waals surface area contributed by atoms with Gasteiger partial charge in [0.25, 0.3) is 0 Å². The number of likely N-dealkylation sites (tertiary alicyclic amines) is 2. The van der Waals surface area contributed by atoms with Gasteiger partial charge < -0.3 is 19.8 Å². The molecule has 0 saturated carbocycles. The number of hydrogen-bond acceptors (Lipinski definition) is 4. The molecule has 1 aromatic rings. The lowest BCUT2D eigenvalue weighted by atomic mass is 9.71. The Hall–Kier alpha value is -1.59. The first-order valence-electron chi connectivity index (χ1n) is 11.3. The molecule has 3 aliphatic rings. The van der Waals surface area contributed by atoms with Crippen molar-refractivity contribution in [1.29, 1.82) is 0 Å². The first kappa shape index (κ1) is 20.7. The number of amides is 1. The second-order valence-corrected chi connectivity index (χ2v) is 10.1. The van der Waals surface area contributed by atoms with Gasteiger partial charge in [0.05, 0.1) is 12.0 Å². The van der Waals surface area contributed by atoms with Crippen LogP contribution in [0.4, 0.5) is 5.69 Å². The predicted molar refractivity (Wildman–Crippen MR) is 117 cm³/mol. The monoisotopic (exact) mass is 399 g/mol. The van der Waals surface area contributed by atoms with Gasteiger partial charge in [-0.2, -0.15) is 0 Å². The second kappa shape index (κ2) is 7.92. The van der Waals surface area contributed by atoms with Crippen LogP contribution in [0.15, 0.2) is 24.3 Å². The Morgan fingerprint density at radius 3 is 2.14 bits per heavy atom. The minimum atomic E-state index is -0.809. The van der Waals surface area contributed by atoms with Crippen molar-refractivity contribution in [2.24, 2.45) is 5.41 Å². The van der Waals surface area contributed by atoms with E-state index < -0.39 is 5.60 Å². The van der Waals surface area contributed by atoms with Crippen molar-refractivity contribution >= 4 is 11.6 Å². The predicted octanol–water partition coefficient (Wildman–Crippen LogP) is 3.05. The van der Waals surface area contributed by atoms with Gasteiger partial charge in [-0.1, -0.05) is 17.7 Å². The fourth-order valence-corrected chi connectivity index (χ4v) is 5.28. The molecule has 0 unspecified atom stereocenters. The van der Waals surface area contributed by atoms with Crippen LogP contribution in [0.1, 0.15) is 51.5 Å². The first-order valence-corrected chi connectivity index (χ1v) is 11.3. The standard InChI is InChI=1S/C24H37N3O2/c1-19(2)25-14-10-24(29,11-15-25)16-22(28)26-12-8-23(9-13-26)17-27(18-23)21-6-4-20(3)5-7-21/h4-7,19,29H,8-18H2,1-3H3. The van der Waals surface area contributed by atoms with E-state index in [0.717, 1.165) is 52.1 Å². The molecule has 160 valence electrons. The van der Waals surface area contributed by atoms with E-state index in [1.165, 1.54) is 11.3 Å². The molecule has 0 aromatic heterocycles. The molecule has 4 rings (SSSR count). The average Bonchev–Trinajstić information content (AvgIpc) is 2.67. The maximum atomic E-state index is 12.9. The summed E-state index contributed by atoms with van der Waals surface area (Å²) in [4.78, 5) is 19.7. The molecule has 1 N–H and O–H groups in total. The molecule has 5 heteroatoms. The van der Waals surface area contributed by atoms with Gasteiger partial charge in [-0.25, -0.2) is 0 Å². The zero-order chi connectivity index (χ0) is 20.6. The van der Waals surface area contributed by atoms with E-state index in [0.29, 0.717) is 30.7 Å². The number of hydrogen-bond donors (Lipinski definition) is 1. The van der Waals surface area contributed by atoms with Gasteiger partial charge in [0, 0.05) is 56.4 Å². The number of aryl methyl sites for hydroxylation is 1. The van der Waals surface area contributed by atoms with E-state index in [-0.39, 0.29) is 5.91 Å². The topological polar surface area (TPSA) is 47.0 Å². The lowest BCUT2D eigenvalue weighted by Crippen LogP contribution is -2.61. The molecule has 1 spiro atoms. The van der Waals surface area contributed by atoms with E-state index >= 15 is 0 Å². The zero-order valence-electron chi connectivity index (χ0n) is 18.4. The number of rotatable bonds is 4. The van der Waals surface area contributed by atoms with Crippen LogP contribution >= 0.6 is 0 Å². The molecule has 0 atom stereocenters.